The molecule has 9 aromatic rings. The van der Waals surface area contributed by atoms with E-state index in [1.165, 1.54) is 21.8 Å². The highest BCUT2D eigenvalue weighted by molar-refractivity contribution is 6.12. The Morgan fingerprint density at radius 1 is 0.409 bits per heavy atom. The molecule has 0 radical (unpaired) electrons. The minimum absolute atomic E-state index is 0.543. The molecule has 5 heterocycles. The summed E-state index contributed by atoms with van der Waals surface area (Å²) in [7, 11) is 0. The van der Waals surface area contributed by atoms with E-state index in [4.69, 9.17) is 15.0 Å². The number of benzene rings is 4. The van der Waals surface area contributed by atoms with Crippen LogP contribution in [0.15, 0.2) is 140 Å². The molecule has 0 atom stereocenters. The summed E-state index contributed by atoms with van der Waals surface area (Å²) in [6.07, 6.45) is 7.02. The Labute approximate surface area is 251 Å². The molecular formula is C37H23N7. The smallest absolute Gasteiger partial charge is 0.238 e. The summed E-state index contributed by atoms with van der Waals surface area (Å²) < 4.78 is 4.48. The van der Waals surface area contributed by atoms with Crippen molar-refractivity contribution in [3.8, 4) is 34.4 Å². The van der Waals surface area contributed by atoms with Crippen LogP contribution in [0.25, 0.3) is 78.0 Å². The van der Waals surface area contributed by atoms with Crippen LogP contribution in [0.3, 0.4) is 0 Å². The van der Waals surface area contributed by atoms with Gasteiger partial charge in [0, 0.05) is 63.1 Å². The Balaban J connectivity index is 1.32. The molecule has 0 spiro atoms. The van der Waals surface area contributed by atoms with E-state index in [1.807, 2.05) is 24.3 Å². The summed E-state index contributed by atoms with van der Waals surface area (Å²) in [6.45, 7) is 0. The van der Waals surface area contributed by atoms with E-state index in [2.05, 4.69) is 110 Å². The predicted molar refractivity (Wildman–Crippen MR) is 175 cm³/mol. The molecule has 0 unspecified atom stereocenters. The van der Waals surface area contributed by atoms with Crippen molar-refractivity contribution in [3.63, 3.8) is 0 Å². The predicted octanol–water partition coefficient (Wildman–Crippen LogP) is 8.19. The second-order valence-electron chi connectivity index (χ2n) is 10.7. The Kier molecular flexibility index (Phi) is 5.36. The van der Waals surface area contributed by atoms with Crippen LogP contribution in [0.2, 0.25) is 0 Å². The molecule has 9 rings (SSSR count). The molecule has 44 heavy (non-hydrogen) atoms. The van der Waals surface area contributed by atoms with E-state index in [-0.39, 0.29) is 0 Å². The summed E-state index contributed by atoms with van der Waals surface area (Å²) in [6, 6.07) is 39.9. The average molecular weight is 566 g/mol. The summed E-state index contributed by atoms with van der Waals surface area (Å²) in [5, 5.41) is 4.72. The van der Waals surface area contributed by atoms with Crippen LogP contribution in [0.4, 0.5) is 0 Å². The molecule has 7 heteroatoms. The molecule has 0 N–H and O–H groups in total. The van der Waals surface area contributed by atoms with Crippen molar-refractivity contribution in [2.24, 2.45) is 0 Å². The number of nitrogens with zero attached hydrogens (tertiary/aromatic N) is 7. The van der Waals surface area contributed by atoms with E-state index in [0.717, 1.165) is 38.6 Å². The maximum atomic E-state index is 5.01. The summed E-state index contributed by atoms with van der Waals surface area (Å²) in [5.41, 5.74) is 7.17. The van der Waals surface area contributed by atoms with Gasteiger partial charge in [0.25, 0.3) is 0 Å². The lowest BCUT2D eigenvalue weighted by molar-refractivity contribution is 0.952. The second-order valence-corrected chi connectivity index (χ2v) is 10.7. The molecule has 0 bridgehead atoms. The topological polar surface area (TPSA) is 74.3 Å². The van der Waals surface area contributed by atoms with Crippen LogP contribution in [0.5, 0.6) is 0 Å². The third-order valence-electron chi connectivity index (χ3n) is 8.18. The lowest BCUT2D eigenvalue weighted by Gasteiger charge is -2.11. The van der Waals surface area contributed by atoms with E-state index in [1.54, 1.807) is 24.8 Å². The average Bonchev–Trinajstić information content (AvgIpc) is 3.61. The van der Waals surface area contributed by atoms with Crippen LogP contribution < -0.4 is 0 Å². The van der Waals surface area contributed by atoms with Crippen LogP contribution in [-0.4, -0.2) is 34.1 Å². The molecule has 206 valence electrons. The van der Waals surface area contributed by atoms with Crippen molar-refractivity contribution in [1.29, 1.82) is 0 Å². The monoisotopic (exact) mass is 565 g/mol. The number of fused-ring (bicyclic) bond motifs is 6. The molecule has 0 aliphatic heterocycles. The highest BCUT2D eigenvalue weighted by atomic mass is 15.2. The second kappa shape index (κ2) is 9.68. The highest BCUT2D eigenvalue weighted by Gasteiger charge is 2.19. The van der Waals surface area contributed by atoms with Crippen molar-refractivity contribution >= 4 is 43.6 Å². The molecule has 0 fully saturated rings. The van der Waals surface area contributed by atoms with Crippen molar-refractivity contribution in [3.05, 3.63) is 140 Å². The van der Waals surface area contributed by atoms with Gasteiger partial charge in [0.15, 0.2) is 11.6 Å². The van der Waals surface area contributed by atoms with Gasteiger partial charge in [-0.3, -0.25) is 14.5 Å². The zero-order valence-electron chi connectivity index (χ0n) is 23.4. The van der Waals surface area contributed by atoms with E-state index in [9.17, 15) is 0 Å². The third-order valence-corrected chi connectivity index (χ3v) is 8.18. The Hall–Kier alpha value is -6.21. The van der Waals surface area contributed by atoms with Crippen LogP contribution >= 0.6 is 0 Å². The van der Waals surface area contributed by atoms with E-state index < -0.39 is 0 Å². The third kappa shape index (κ3) is 3.73. The molecule has 0 saturated heterocycles. The number of aromatic nitrogens is 7. The molecule has 0 aliphatic carbocycles. The maximum absolute atomic E-state index is 5.01. The van der Waals surface area contributed by atoms with Gasteiger partial charge in [-0.2, -0.15) is 9.97 Å². The Morgan fingerprint density at radius 3 is 1.66 bits per heavy atom. The fraction of sp³-hybridized carbons (Fsp3) is 0. The number of hydrogen-bond acceptors (Lipinski definition) is 5. The molecule has 4 aromatic carbocycles. The van der Waals surface area contributed by atoms with Gasteiger partial charge in [-0.1, -0.05) is 54.6 Å². The SMILES string of the molecule is c1cncc(-c2nc(-c3ccncc3)nc(-n3c4ccccc4c4cc(-n5c6ccccc6c6ccccc65)ccc43)n2)c1. The van der Waals surface area contributed by atoms with Gasteiger partial charge in [0.2, 0.25) is 5.95 Å². The quantitative estimate of drug-likeness (QED) is 0.215. The Bertz CT molecular complexity index is 2390. The lowest BCUT2D eigenvalue weighted by atomic mass is 10.1. The minimum atomic E-state index is 0.543. The zero-order chi connectivity index (χ0) is 29.0. The molecular weight excluding hydrogens is 542 g/mol. The fourth-order valence-corrected chi connectivity index (χ4v) is 6.24. The Morgan fingerprint density at radius 2 is 1.00 bits per heavy atom. The van der Waals surface area contributed by atoms with Crippen LogP contribution in [-0.2, 0) is 0 Å². The first-order chi connectivity index (χ1) is 21.8. The highest BCUT2D eigenvalue weighted by Crippen LogP contribution is 2.36. The zero-order valence-corrected chi connectivity index (χ0v) is 23.4. The van der Waals surface area contributed by atoms with Crippen molar-refractivity contribution in [2.75, 3.05) is 0 Å². The molecule has 0 aliphatic rings. The van der Waals surface area contributed by atoms with E-state index in [0.29, 0.717) is 17.6 Å². The summed E-state index contributed by atoms with van der Waals surface area (Å²) in [5.74, 6) is 1.67. The van der Waals surface area contributed by atoms with Gasteiger partial charge in [0.1, 0.15) is 0 Å². The number of rotatable bonds is 4. The van der Waals surface area contributed by atoms with Crippen molar-refractivity contribution in [2.45, 2.75) is 0 Å². The van der Waals surface area contributed by atoms with Crippen molar-refractivity contribution in [1.82, 2.24) is 34.1 Å². The first-order valence-electron chi connectivity index (χ1n) is 14.4. The summed E-state index contributed by atoms with van der Waals surface area (Å²) in [4.78, 5) is 23.4. The van der Waals surface area contributed by atoms with Gasteiger partial charge in [-0.05, 0) is 60.7 Å². The first-order valence-corrected chi connectivity index (χ1v) is 14.4. The molecule has 5 aromatic heterocycles. The van der Waals surface area contributed by atoms with Crippen LogP contribution in [0.1, 0.15) is 0 Å². The maximum Gasteiger partial charge on any atom is 0.238 e. The van der Waals surface area contributed by atoms with Crippen LogP contribution in [0, 0.1) is 0 Å². The lowest BCUT2D eigenvalue weighted by Crippen LogP contribution is -2.06. The number of hydrogen-bond donors (Lipinski definition) is 0. The van der Waals surface area contributed by atoms with E-state index >= 15 is 0 Å². The van der Waals surface area contributed by atoms with Gasteiger partial charge >= 0.3 is 0 Å². The fourth-order valence-electron chi connectivity index (χ4n) is 6.24. The van der Waals surface area contributed by atoms with Gasteiger partial charge < -0.3 is 4.57 Å². The minimum Gasteiger partial charge on any atom is -0.309 e. The number of pyridine rings is 2. The number of para-hydroxylation sites is 3. The molecule has 7 nitrogen and oxygen atoms in total. The molecule has 0 saturated carbocycles. The largest absolute Gasteiger partial charge is 0.309 e. The van der Waals surface area contributed by atoms with Crippen molar-refractivity contribution < 1.29 is 0 Å². The van der Waals surface area contributed by atoms with Gasteiger partial charge in [-0.25, -0.2) is 4.98 Å². The normalized spacial score (nSPS) is 11.6. The molecule has 0 amide bonds. The standard InChI is InChI=1S/C37H23N7/c1-4-12-31-27(9-1)28-10-2-5-13-32(28)43(31)26-15-16-34-30(22-26)29-11-3-6-14-33(29)44(34)37-41-35(24-17-20-38-21-18-24)40-36(42-37)25-8-7-19-39-23-25/h1-23H. The van der Waals surface area contributed by atoms with Gasteiger partial charge in [-0.15, -0.1) is 0 Å². The summed E-state index contributed by atoms with van der Waals surface area (Å²) >= 11 is 0. The first kappa shape index (κ1) is 24.4. The van der Waals surface area contributed by atoms with Gasteiger partial charge in [0.05, 0.1) is 22.1 Å².